The molecule has 0 bridgehead atoms. The molecule has 1 aliphatic heterocycles. The largest absolute Gasteiger partial charge is 0.399 e. The minimum atomic E-state index is -0.656. The Bertz CT molecular complexity index is 565. The van der Waals surface area contributed by atoms with Gasteiger partial charge < -0.3 is 16.4 Å². The van der Waals surface area contributed by atoms with Crippen LogP contribution in [0.4, 0.5) is 5.69 Å². The molecule has 0 radical (unpaired) electrons. The third-order valence-electron chi connectivity index (χ3n) is 4.52. The number of primary amides is 1. The van der Waals surface area contributed by atoms with Crippen LogP contribution in [0.2, 0.25) is 0 Å². The Morgan fingerprint density at radius 2 is 1.81 bits per heavy atom. The van der Waals surface area contributed by atoms with Crippen LogP contribution >= 0.6 is 0 Å². The van der Waals surface area contributed by atoms with E-state index in [-0.39, 0.29) is 11.8 Å². The number of carbonyl (C=O) groups excluding carboxylic acids is 2. The van der Waals surface area contributed by atoms with Crippen molar-refractivity contribution >= 4 is 17.5 Å². The first-order valence-corrected chi connectivity index (χ1v) is 7.12. The van der Waals surface area contributed by atoms with E-state index >= 15 is 0 Å². The Morgan fingerprint density at radius 1 is 1.24 bits per heavy atom. The molecule has 21 heavy (non-hydrogen) atoms. The Labute approximate surface area is 125 Å². The fraction of sp³-hybridized carbons (Fsp3) is 0.500. The number of nitrogens with two attached hydrogens (primary N) is 2. The van der Waals surface area contributed by atoms with E-state index in [4.69, 9.17) is 11.5 Å². The molecule has 1 heterocycles. The van der Waals surface area contributed by atoms with Crippen LogP contribution in [0.5, 0.6) is 0 Å². The van der Waals surface area contributed by atoms with Crippen molar-refractivity contribution in [3.63, 3.8) is 0 Å². The van der Waals surface area contributed by atoms with Gasteiger partial charge in [0.15, 0.2) is 0 Å². The average molecular weight is 289 g/mol. The van der Waals surface area contributed by atoms with Gasteiger partial charge in [-0.3, -0.25) is 9.59 Å². The van der Waals surface area contributed by atoms with Crippen LogP contribution in [-0.2, 0) is 15.0 Å². The molecule has 5 nitrogen and oxygen atoms in total. The first kappa shape index (κ1) is 15.4. The highest BCUT2D eigenvalue weighted by Crippen LogP contribution is 2.34. The molecule has 1 aromatic rings. The van der Waals surface area contributed by atoms with E-state index in [1.54, 1.807) is 17.0 Å². The number of hydrogen-bond acceptors (Lipinski definition) is 3. The number of nitrogen functional groups attached to an aromatic ring is 1. The lowest BCUT2D eigenvalue weighted by atomic mass is 9.83. The number of rotatable bonds is 3. The number of nitrogens with zero attached hydrogens (tertiary/aromatic N) is 1. The summed E-state index contributed by atoms with van der Waals surface area (Å²) in [7, 11) is 0. The van der Waals surface area contributed by atoms with Gasteiger partial charge in [-0.25, -0.2) is 0 Å². The van der Waals surface area contributed by atoms with Crippen molar-refractivity contribution in [2.45, 2.75) is 32.6 Å². The van der Waals surface area contributed by atoms with E-state index in [9.17, 15) is 9.59 Å². The molecule has 5 heteroatoms. The molecule has 0 aromatic heterocycles. The van der Waals surface area contributed by atoms with Gasteiger partial charge >= 0.3 is 0 Å². The molecule has 0 aliphatic carbocycles. The van der Waals surface area contributed by atoms with Gasteiger partial charge in [0.25, 0.3) is 0 Å². The zero-order chi connectivity index (χ0) is 15.8. The number of benzene rings is 1. The van der Waals surface area contributed by atoms with E-state index in [0.717, 1.165) is 5.56 Å². The molecule has 1 saturated heterocycles. The van der Waals surface area contributed by atoms with Crippen LogP contribution < -0.4 is 11.5 Å². The van der Waals surface area contributed by atoms with Gasteiger partial charge in [0.1, 0.15) is 0 Å². The second-order valence-electron chi connectivity index (χ2n) is 6.65. The summed E-state index contributed by atoms with van der Waals surface area (Å²) in [6, 6.07) is 7.33. The lowest BCUT2D eigenvalue weighted by Gasteiger charge is -2.30. The predicted molar refractivity (Wildman–Crippen MR) is 82.4 cm³/mol. The third-order valence-corrected chi connectivity index (χ3v) is 4.52. The quantitative estimate of drug-likeness (QED) is 0.821. The van der Waals surface area contributed by atoms with Gasteiger partial charge in [0.05, 0.1) is 10.8 Å². The third kappa shape index (κ3) is 2.73. The zero-order valence-electron chi connectivity index (χ0n) is 12.8. The molecule has 2 amide bonds. The predicted octanol–water partition coefficient (Wildman–Crippen LogP) is 1.27. The summed E-state index contributed by atoms with van der Waals surface area (Å²) >= 11 is 0. The first-order valence-electron chi connectivity index (χ1n) is 7.12. The zero-order valence-corrected chi connectivity index (χ0v) is 12.8. The molecule has 0 spiro atoms. The van der Waals surface area contributed by atoms with Crippen molar-refractivity contribution in [3.05, 3.63) is 29.8 Å². The summed E-state index contributed by atoms with van der Waals surface area (Å²) in [6.07, 6.45) is 0.617. The fourth-order valence-electron chi connectivity index (χ4n) is 2.75. The maximum Gasteiger partial charge on any atom is 0.232 e. The number of amides is 2. The van der Waals surface area contributed by atoms with Crippen LogP contribution in [0.1, 0.15) is 32.8 Å². The topological polar surface area (TPSA) is 89.4 Å². The van der Waals surface area contributed by atoms with Crippen LogP contribution in [0.15, 0.2) is 24.3 Å². The molecule has 1 fully saturated rings. The summed E-state index contributed by atoms with van der Waals surface area (Å²) < 4.78 is 0. The highest BCUT2D eigenvalue weighted by molar-refractivity contribution is 5.89. The maximum atomic E-state index is 12.8. The Morgan fingerprint density at radius 3 is 2.29 bits per heavy atom. The van der Waals surface area contributed by atoms with E-state index in [1.165, 1.54) is 0 Å². The molecule has 1 aliphatic rings. The van der Waals surface area contributed by atoms with E-state index in [0.29, 0.717) is 25.2 Å². The standard InChI is InChI=1S/C16H23N3O2/c1-15(2,11-4-6-12(17)7-5-11)14(21)19-9-8-16(3,10-19)13(18)20/h4-7H,8-10,17H2,1-3H3,(H2,18,20). The Kier molecular flexibility index (Phi) is 3.70. The lowest BCUT2D eigenvalue weighted by molar-refractivity contribution is -0.136. The van der Waals surface area contributed by atoms with Crippen molar-refractivity contribution < 1.29 is 9.59 Å². The Balaban J connectivity index is 2.20. The summed E-state index contributed by atoms with van der Waals surface area (Å²) in [4.78, 5) is 26.1. The summed E-state index contributed by atoms with van der Waals surface area (Å²) in [5, 5.41) is 0. The summed E-state index contributed by atoms with van der Waals surface area (Å²) in [6.45, 7) is 6.55. The van der Waals surface area contributed by atoms with Crippen LogP contribution in [0.25, 0.3) is 0 Å². The van der Waals surface area contributed by atoms with Gasteiger partial charge in [-0.05, 0) is 44.9 Å². The van der Waals surface area contributed by atoms with Crippen LogP contribution in [0.3, 0.4) is 0 Å². The van der Waals surface area contributed by atoms with Crippen molar-refractivity contribution in [1.82, 2.24) is 4.90 Å². The molecule has 1 unspecified atom stereocenters. The average Bonchev–Trinajstić information content (AvgIpc) is 2.82. The SMILES string of the molecule is CC1(C(N)=O)CCN(C(=O)C(C)(C)c2ccc(N)cc2)C1. The maximum absolute atomic E-state index is 12.8. The normalized spacial score (nSPS) is 22.3. The molecule has 114 valence electrons. The number of anilines is 1. The molecular formula is C16H23N3O2. The molecule has 1 atom stereocenters. The number of carbonyl (C=O) groups is 2. The van der Waals surface area contributed by atoms with Gasteiger partial charge in [-0.1, -0.05) is 12.1 Å². The second kappa shape index (κ2) is 5.06. The van der Waals surface area contributed by atoms with Crippen LogP contribution in [0, 0.1) is 5.41 Å². The van der Waals surface area contributed by atoms with E-state index in [2.05, 4.69) is 0 Å². The Hall–Kier alpha value is -2.04. The highest BCUT2D eigenvalue weighted by Gasteiger charge is 2.44. The molecule has 2 rings (SSSR count). The van der Waals surface area contributed by atoms with Crippen molar-refractivity contribution in [3.8, 4) is 0 Å². The summed E-state index contributed by atoms with van der Waals surface area (Å²) in [5.74, 6) is -0.333. The van der Waals surface area contributed by atoms with Gasteiger partial charge in [-0.15, -0.1) is 0 Å². The first-order chi connectivity index (χ1) is 9.67. The van der Waals surface area contributed by atoms with Crippen molar-refractivity contribution in [2.24, 2.45) is 11.1 Å². The fourth-order valence-corrected chi connectivity index (χ4v) is 2.75. The molecule has 4 N–H and O–H groups in total. The van der Waals surface area contributed by atoms with Crippen LogP contribution in [-0.4, -0.2) is 29.8 Å². The van der Waals surface area contributed by atoms with Crippen molar-refractivity contribution in [2.75, 3.05) is 18.8 Å². The molecule has 1 aromatic carbocycles. The summed E-state index contributed by atoms with van der Waals surface area (Å²) in [5.41, 5.74) is 11.4. The smallest absolute Gasteiger partial charge is 0.232 e. The van der Waals surface area contributed by atoms with Gasteiger partial charge in [0, 0.05) is 18.8 Å². The van der Waals surface area contributed by atoms with Crippen molar-refractivity contribution in [1.29, 1.82) is 0 Å². The van der Waals surface area contributed by atoms with E-state index in [1.807, 2.05) is 32.9 Å². The minimum Gasteiger partial charge on any atom is -0.399 e. The minimum absolute atomic E-state index is 0.0113. The number of hydrogen-bond donors (Lipinski definition) is 2. The highest BCUT2D eigenvalue weighted by atomic mass is 16.2. The number of likely N-dealkylation sites (tertiary alicyclic amines) is 1. The second-order valence-corrected chi connectivity index (χ2v) is 6.65. The molecule has 0 saturated carbocycles. The lowest BCUT2D eigenvalue weighted by Crippen LogP contribution is -2.44. The van der Waals surface area contributed by atoms with Gasteiger partial charge in [-0.2, -0.15) is 0 Å². The van der Waals surface area contributed by atoms with E-state index < -0.39 is 10.8 Å². The molecular weight excluding hydrogens is 266 g/mol. The van der Waals surface area contributed by atoms with Gasteiger partial charge in [0.2, 0.25) is 11.8 Å². The monoisotopic (exact) mass is 289 g/mol.